The van der Waals surface area contributed by atoms with Crippen molar-refractivity contribution in [2.45, 2.75) is 19.3 Å². The van der Waals surface area contributed by atoms with Gasteiger partial charge in [-0.2, -0.15) is 0 Å². The maximum absolute atomic E-state index is 12.3. The van der Waals surface area contributed by atoms with Crippen LogP contribution in [0.15, 0.2) is 24.3 Å². The standard InChI is InChI=1S/C16H21N3O2/c17-14-3-1-2-12(10-14)11-15(20)18-6-8-19(9-7-18)16(21)13-4-5-13/h1-3,10,13H,4-9,11,17H2. The molecule has 0 radical (unpaired) electrons. The molecule has 2 amide bonds. The van der Waals surface area contributed by atoms with Crippen LogP contribution >= 0.6 is 0 Å². The molecule has 1 aromatic rings. The third-order valence-corrected chi connectivity index (χ3v) is 4.18. The van der Waals surface area contributed by atoms with Crippen LogP contribution in [0.5, 0.6) is 0 Å². The summed E-state index contributed by atoms with van der Waals surface area (Å²) in [5.74, 6) is 0.650. The molecule has 21 heavy (non-hydrogen) atoms. The zero-order chi connectivity index (χ0) is 14.8. The molecule has 5 heteroatoms. The van der Waals surface area contributed by atoms with E-state index in [0.717, 1.165) is 18.4 Å². The number of benzene rings is 1. The lowest BCUT2D eigenvalue weighted by atomic mass is 10.1. The third-order valence-electron chi connectivity index (χ3n) is 4.18. The topological polar surface area (TPSA) is 66.6 Å². The van der Waals surface area contributed by atoms with E-state index in [1.807, 2.05) is 34.1 Å². The quantitative estimate of drug-likeness (QED) is 0.840. The first-order valence-electron chi connectivity index (χ1n) is 7.54. The highest BCUT2D eigenvalue weighted by Crippen LogP contribution is 2.31. The first kappa shape index (κ1) is 13.9. The summed E-state index contributed by atoms with van der Waals surface area (Å²) in [7, 11) is 0. The molecular formula is C16H21N3O2. The zero-order valence-electron chi connectivity index (χ0n) is 12.1. The molecule has 1 aliphatic heterocycles. The lowest BCUT2D eigenvalue weighted by Gasteiger charge is -2.35. The number of nitrogens with zero attached hydrogens (tertiary/aromatic N) is 2. The van der Waals surface area contributed by atoms with Gasteiger partial charge in [-0.05, 0) is 30.5 Å². The largest absolute Gasteiger partial charge is 0.399 e. The van der Waals surface area contributed by atoms with Crippen molar-refractivity contribution < 1.29 is 9.59 Å². The fraction of sp³-hybridized carbons (Fsp3) is 0.500. The Morgan fingerprint density at radius 3 is 2.38 bits per heavy atom. The molecule has 1 heterocycles. The number of carbonyl (C=O) groups is 2. The molecule has 1 saturated carbocycles. The van der Waals surface area contributed by atoms with E-state index in [1.165, 1.54) is 0 Å². The summed E-state index contributed by atoms with van der Waals surface area (Å²) in [4.78, 5) is 28.0. The summed E-state index contributed by atoms with van der Waals surface area (Å²) in [6, 6.07) is 7.44. The highest BCUT2D eigenvalue weighted by molar-refractivity contribution is 5.82. The van der Waals surface area contributed by atoms with E-state index in [0.29, 0.717) is 38.3 Å². The fourth-order valence-corrected chi connectivity index (χ4v) is 2.75. The smallest absolute Gasteiger partial charge is 0.227 e. The number of nitrogen functional groups attached to an aromatic ring is 1. The number of hydrogen-bond acceptors (Lipinski definition) is 3. The van der Waals surface area contributed by atoms with Crippen molar-refractivity contribution in [1.29, 1.82) is 0 Å². The Bertz CT molecular complexity index is 546. The SMILES string of the molecule is Nc1cccc(CC(=O)N2CCN(C(=O)C3CC3)CC2)c1. The van der Waals surface area contributed by atoms with Gasteiger partial charge in [0, 0.05) is 37.8 Å². The number of nitrogens with two attached hydrogens (primary N) is 1. The van der Waals surface area contributed by atoms with E-state index in [-0.39, 0.29) is 17.7 Å². The second-order valence-electron chi connectivity index (χ2n) is 5.90. The van der Waals surface area contributed by atoms with Gasteiger partial charge >= 0.3 is 0 Å². The molecule has 1 aliphatic carbocycles. The highest BCUT2D eigenvalue weighted by Gasteiger charge is 2.35. The summed E-state index contributed by atoms with van der Waals surface area (Å²) >= 11 is 0. The van der Waals surface area contributed by atoms with Crippen LogP contribution in [0, 0.1) is 5.92 Å². The number of anilines is 1. The van der Waals surface area contributed by atoms with Gasteiger partial charge < -0.3 is 15.5 Å². The van der Waals surface area contributed by atoms with E-state index in [4.69, 9.17) is 5.73 Å². The molecule has 2 fully saturated rings. The second kappa shape index (κ2) is 5.76. The number of carbonyl (C=O) groups excluding carboxylic acids is 2. The van der Waals surface area contributed by atoms with Gasteiger partial charge in [-0.3, -0.25) is 9.59 Å². The molecule has 0 atom stereocenters. The van der Waals surface area contributed by atoms with Crippen LogP contribution in [0.1, 0.15) is 18.4 Å². The first-order chi connectivity index (χ1) is 10.1. The minimum atomic E-state index is 0.110. The third kappa shape index (κ3) is 3.35. The second-order valence-corrected chi connectivity index (χ2v) is 5.90. The van der Waals surface area contributed by atoms with Crippen LogP contribution in [0.25, 0.3) is 0 Å². The molecule has 0 bridgehead atoms. The number of hydrogen-bond donors (Lipinski definition) is 1. The molecule has 2 aliphatic rings. The average molecular weight is 287 g/mol. The average Bonchev–Trinajstić information content (AvgIpc) is 3.31. The summed E-state index contributed by atoms with van der Waals surface area (Å²) < 4.78 is 0. The Kier molecular flexibility index (Phi) is 3.82. The van der Waals surface area contributed by atoms with Gasteiger partial charge in [0.2, 0.25) is 11.8 Å². The molecule has 1 saturated heterocycles. The van der Waals surface area contributed by atoms with Crippen LogP contribution in [-0.4, -0.2) is 47.8 Å². The monoisotopic (exact) mass is 287 g/mol. The Balaban J connectivity index is 1.51. The fourth-order valence-electron chi connectivity index (χ4n) is 2.75. The van der Waals surface area contributed by atoms with Crippen molar-refractivity contribution in [3.8, 4) is 0 Å². The molecule has 5 nitrogen and oxygen atoms in total. The van der Waals surface area contributed by atoms with Crippen LogP contribution in [0.3, 0.4) is 0 Å². The summed E-state index contributed by atoms with van der Waals surface area (Å²) in [5, 5.41) is 0. The summed E-state index contributed by atoms with van der Waals surface area (Å²) in [6.07, 6.45) is 2.45. The Labute approximate surface area is 124 Å². The number of amides is 2. The van der Waals surface area contributed by atoms with Crippen molar-refractivity contribution in [1.82, 2.24) is 9.80 Å². The lowest BCUT2D eigenvalue weighted by Crippen LogP contribution is -2.51. The molecule has 112 valence electrons. The van der Waals surface area contributed by atoms with E-state index in [9.17, 15) is 9.59 Å². The van der Waals surface area contributed by atoms with Crippen LogP contribution in [-0.2, 0) is 16.0 Å². The summed E-state index contributed by atoms with van der Waals surface area (Å²) in [6.45, 7) is 2.61. The molecule has 2 N–H and O–H groups in total. The maximum Gasteiger partial charge on any atom is 0.227 e. The van der Waals surface area contributed by atoms with Crippen molar-refractivity contribution >= 4 is 17.5 Å². The zero-order valence-corrected chi connectivity index (χ0v) is 12.1. The number of piperazine rings is 1. The van der Waals surface area contributed by atoms with Crippen molar-refractivity contribution in [3.05, 3.63) is 29.8 Å². The van der Waals surface area contributed by atoms with E-state index in [1.54, 1.807) is 0 Å². The normalized spacial score (nSPS) is 18.7. The van der Waals surface area contributed by atoms with Gasteiger partial charge in [-0.15, -0.1) is 0 Å². The predicted octanol–water partition coefficient (Wildman–Crippen LogP) is 0.892. The molecule has 0 unspecified atom stereocenters. The molecule has 0 spiro atoms. The maximum atomic E-state index is 12.3. The van der Waals surface area contributed by atoms with E-state index < -0.39 is 0 Å². The van der Waals surface area contributed by atoms with Gasteiger partial charge in [0.05, 0.1) is 6.42 Å². The molecule has 3 rings (SSSR count). The van der Waals surface area contributed by atoms with Gasteiger partial charge in [0.1, 0.15) is 0 Å². The van der Waals surface area contributed by atoms with Gasteiger partial charge in [0.25, 0.3) is 0 Å². The van der Waals surface area contributed by atoms with Crippen molar-refractivity contribution in [2.75, 3.05) is 31.9 Å². The molecular weight excluding hydrogens is 266 g/mol. The van der Waals surface area contributed by atoms with Crippen molar-refractivity contribution in [3.63, 3.8) is 0 Å². The predicted molar refractivity (Wildman–Crippen MR) is 80.4 cm³/mol. The Morgan fingerprint density at radius 2 is 1.76 bits per heavy atom. The van der Waals surface area contributed by atoms with E-state index >= 15 is 0 Å². The minimum Gasteiger partial charge on any atom is -0.399 e. The van der Waals surface area contributed by atoms with Crippen LogP contribution < -0.4 is 5.73 Å². The van der Waals surface area contributed by atoms with Gasteiger partial charge in [0.15, 0.2) is 0 Å². The number of rotatable bonds is 3. The Hall–Kier alpha value is -2.04. The molecule has 1 aromatic carbocycles. The minimum absolute atomic E-state index is 0.110. The first-order valence-corrected chi connectivity index (χ1v) is 7.54. The summed E-state index contributed by atoms with van der Waals surface area (Å²) in [5.41, 5.74) is 7.35. The van der Waals surface area contributed by atoms with Crippen LogP contribution in [0.4, 0.5) is 5.69 Å². The van der Waals surface area contributed by atoms with Crippen molar-refractivity contribution in [2.24, 2.45) is 5.92 Å². The molecule has 0 aromatic heterocycles. The Morgan fingerprint density at radius 1 is 1.10 bits per heavy atom. The van der Waals surface area contributed by atoms with Crippen LogP contribution in [0.2, 0.25) is 0 Å². The van der Waals surface area contributed by atoms with Gasteiger partial charge in [-0.1, -0.05) is 12.1 Å². The lowest BCUT2D eigenvalue weighted by molar-refractivity contribution is -0.140. The van der Waals surface area contributed by atoms with E-state index in [2.05, 4.69) is 0 Å². The highest BCUT2D eigenvalue weighted by atomic mass is 16.2. The van der Waals surface area contributed by atoms with Gasteiger partial charge in [-0.25, -0.2) is 0 Å².